The molecule has 2 aromatic heterocycles. The van der Waals surface area contributed by atoms with Gasteiger partial charge < -0.3 is 0 Å². The van der Waals surface area contributed by atoms with E-state index in [1.54, 1.807) is 18.5 Å². The van der Waals surface area contributed by atoms with E-state index in [-0.39, 0.29) is 0 Å². The van der Waals surface area contributed by atoms with Gasteiger partial charge in [-0.3, -0.25) is 9.97 Å². The molecule has 0 unspecified atom stereocenters. The highest BCUT2D eigenvalue weighted by Crippen LogP contribution is 2.31. The van der Waals surface area contributed by atoms with Crippen molar-refractivity contribution in [2.75, 3.05) is 0 Å². The molecule has 0 fully saturated rings. The molecule has 0 bridgehead atoms. The second kappa shape index (κ2) is 4.60. The first-order chi connectivity index (χ1) is 7.29. The highest BCUT2D eigenvalue weighted by Gasteiger charge is 2.12. The lowest BCUT2D eigenvalue weighted by Crippen LogP contribution is -1.93. The number of hydrogen-bond donors (Lipinski definition) is 0. The van der Waals surface area contributed by atoms with Crippen molar-refractivity contribution in [2.24, 2.45) is 0 Å². The molecule has 0 saturated carbocycles. The van der Waals surface area contributed by atoms with Gasteiger partial charge in [0.2, 0.25) is 0 Å². The zero-order valence-electron chi connectivity index (χ0n) is 7.77. The summed E-state index contributed by atoms with van der Waals surface area (Å²) in [6.07, 6.45) is 3.41. The predicted octanol–water partition coefficient (Wildman–Crippen LogP) is 3.62. The zero-order valence-corrected chi connectivity index (χ0v) is 9.28. The Morgan fingerprint density at radius 2 is 1.73 bits per heavy atom. The molecule has 0 spiro atoms. The third-order valence-corrected chi connectivity index (χ3v) is 2.45. The summed E-state index contributed by atoms with van der Waals surface area (Å²) in [6, 6.07) is 9.28. The van der Waals surface area contributed by atoms with Gasteiger partial charge in [-0.1, -0.05) is 35.3 Å². The fourth-order valence-corrected chi connectivity index (χ4v) is 1.66. The molecule has 0 amide bonds. The standard InChI is InChI=1S/C11H8Cl2N2/c12-11(13)8-4-3-7-15-10(8)9-5-1-2-6-14-9/h1-7,11H. The van der Waals surface area contributed by atoms with E-state index in [2.05, 4.69) is 9.97 Å². The topological polar surface area (TPSA) is 25.8 Å². The third kappa shape index (κ3) is 2.28. The second-order valence-corrected chi connectivity index (χ2v) is 4.05. The molecule has 2 rings (SSSR count). The number of hydrogen-bond acceptors (Lipinski definition) is 2. The number of pyridine rings is 2. The first-order valence-corrected chi connectivity index (χ1v) is 5.31. The van der Waals surface area contributed by atoms with Crippen molar-refractivity contribution >= 4 is 23.2 Å². The summed E-state index contributed by atoms with van der Waals surface area (Å²) in [4.78, 5) is 7.86. The van der Waals surface area contributed by atoms with Crippen molar-refractivity contribution in [3.8, 4) is 11.4 Å². The molecule has 2 aromatic rings. The molecule has 76 valence electrons. The number of rotatable bonds is 2. The molecule has 0 N–H and O–H groups in total. The molecule has 2 nitrogen and oxygen atoms in total. The van der Waals surface area contributed by atoms with E-state index in [9.17, 15) is 0 Å². The Bertz CT molecular complexity index is 443. The summed E-state index contributed by atoms with van der Waals surface area (Å²) in [5.41, 5.74) is 2.28. The van der Waals surface area contributed by atoms with Crippen LogP contribution < -0.4 is 0 Å². The molecule has 15 heavy (non-hydrogen) atoms. The van der Waals surface area contributed by atoms with Crippen molar-refractivity contribution in [3.63, 3.8) is 0 Å². The first-order valence-electron chi connectivity index (χ1n) is 4.43. The van der Waals surface area contributed by atoms with E-state index in [1.165, 1.54) is 0 Å². The van der Waals surface area contributed by atoms with Gasteiger partial charge in [-0.25, -0.2) is 0 Å². The van der Waals surface area contributed by atoms with Gasteiger partial charge in [0.15, 0.2) is 0 Å². The molecular formula is C11H8Cl2N2. The van der Waals surface area contributed by atoms with E-state index >= 15 is 0 Å². The fraction of sp³-hybridized carbons (Fsp3) is 0.0909. The van der Waals surface area contributed by atoms with Crippen molar-refractivity contribution in [2.45, 2.75) is 4.84 Å². The first kappa shape index (κ1) is 10.4. The second-order valence-electron chi connectivity index (χ2n) is 2.96. The molecular weight excluding hydrogens is 231 g/mol. The largest absolute Gasteiger partial charge is 0.255 e. The summed E-state index contributed by atoms with van der Waals surface area (Å²) in [5, 5.41) is 0. The van der Waals surface area contributed by atoms with E-state index in [1.807, 2.05) is 24.3 Å². The third-order valence-electron chi connectivity index (χ3n) is 1.98. The molecule has 0 aliphatic heterocycles. The monoisotopic (exact) mass is 238 g/mol. The maximum Gasteiger partial charge on any atom is 0.134 e. The minimum absolute atomic E-state index is 0.587. The molecule has 0 atom stereocenters. The number of alkyl halides is 2. The number of aromatic nitrogens is 2. The van der Waals surface area contributed by atoms with Gasteiger partial charge in [0.05, 0.1) is 11.4 Å². The molecule has 0 radical (unpaired) electrons. The van der Waals surface area contributed by atoms with Crippen LogP contribution in [0.3, 0.4) is 0 Å². The van der Waals surface area contributed by atoms with Crippen LogP contribution in [0.25, 0.3) is 11.4 Å². The Hall–Kier alpha value is -1.12. The maximum absolute atomic E-state index is 5.86. The van der Waals surface area contributed by atoms with Gasteiger partial charge in [0.1, 0.15) is 4.84 Å². The molecule has 4 heteroatoms. The van der Waals surface area contributed by atoms with Crippen molar-refractivity contribution < 1.29 is 0 Å². The average molecular weight is 239 g/mol. The minimum Gasteiger partial charge on any atom is -0.255 e. The summed E-state index contributed by atoms with van der Waals surface area (Å²) in [7, 11) is 0. The Morgan fingerprint density at radius 1 is 0.933 bits per heavy atom. The van der Waals surface area contributed by atoms with Crippen LogP contribution in [0, 0.1) is 0 Å². The van der Waals surface area contributed by atoms with Crippen LogP contribution in [0.2, 0.25) is 0 Å². The lowest BCUT2D eigenvalue weighted by Gasteiger charge is -2.07. The SMILES string of the molecule is ClC(Cl)c1cccnc1-c1ccccn1. The Morgan fingerprint density at radius 3 is 2.40 bits per heavy atom. The highest BCUT2D eigenvalue weighted by molar-refractivity contribution is 6.44. The maximum atomic E-state index is 5.86. The van der Waals surface area contributed by atoms with Crippen LogP contribution in [0.15, 0.2) is 42.7 Å². The zero-order chi connectivity index (χ0) is 10.7. The Balaban J connectivity index is 2.53. The number of halogens is 2. The van der Waals surface area contributed by atoms with Gasteiger partial charge in [0.25, 0.3) is 0 Å². The summed E-state index contributed by atoms with van der Waals surface area (Å²) in [6.45, 7) is 0. The summed E-state index contributed by atoms with van der Waals surface area (Å²) in [5.74, 6) is 0. The lowest BCUT2D eigenvalue weighted by molar-refractivity contribution is 1.19. The number of nitrogens with zero attached hydrogens (tertiary/aromatic N) is 2. The van der Waals surface area contributed by atoms with Crippen LogP contribution in [0.1, 0.15) is 10.4 Å². The lowest BCUT2D eigenvalue weighted by atomic mass is 10.1. The van der Waals surface area contributed by atoms with E-state index in [0.29, 0.717) is 0 Å². The van der Waals surface area contributed by atoms with Gasteiger partial charge in [-0.2, -0.15) is 0 Å². The van der Waals surface area contributed by atoms with Gasteiger partial charge >= 0.3 is 0 Å². The van der Waals surface area contributed by atoms with Crippen molar-refractivity contribution in [1.29, 1.82) is 0 Å². The predicted molar refractivity (Wildman–Crippen MR) is 61.9 cm³/mol. The highest BCUT2D eigenvalue weighted by atomic mass is 35.5. The molecule has 0 aliphatic rings. The van der Waals surface area contributed by atoms with Crippen molar-refractivity contribution in [3.05, 3.63) is 48.3 Å². The van der Waals surface area contributed by atoms with Crippen LogP contribution in [0.4, 0.5) is 0 Å². The molecule has 0 aliphatic carbocycles. The average Bonchev–Trinajstić information content (AvgIpc) is 2.30. The van der Waals surface area contributed by atoms with Crippen LogP contribution >= 0.6 is 23.2 Å². The molecule has 0 saturated heterocycles. The van der Waals surface area contributed by atoms with Crippen LogP contribution in [-0.2, 0) is 0 Å². The quantitative estimate of drug-likeness (QED) is 0.748. The van der Waals surface area contributed by atoms with Crippen LogP contribution in [-0.4, -0.2) is 9.97 Å². The van der Waals surface area contributed by atoms with E-state index in [4.69, 9.17) is 23.2 Å². The Labute approximate surface area is 97.9 Å². The van der Waals surface area contributed by atoms with Crippen molar-refractivity contribution in [1.82, 2.24) is 9.97 Å². The van der Waals surface area contributed by atoms with Gasteiger partial charge in [0, 0.05) is 18.0 Å². The molecule has 0 aromatic carbocycles. The summed E-state index contributed by atoms with van der Waals surface area (Å²) >= 11 is 11.7. The van der Waals surface area contributed by atoms with Gasteiger partial charge in [-0.05, 0) is 18.2 Å². The minimum atomic E-state index is -0.587. The molecule has 2 heterocycles. The normalized spacial score (nSPS) is 10.6. The van der Waals surface area contributed by atoms with Gasteiger partial charge in [-0.15, -0.1) is 0 Å². The van der Waals surface area contributed by atoms with Crippen LogP contribution in [0.5, 0.6) is 0 Å². The van der Waals surface area contributed by atoms with E-state index in [0.717, 1.165) is 17.0 Å². The van der Waals surface area contributed by atoms with E-state index < -0.39 is 4.84 Å². The smallest absolute Gasteiger partial charge is 0.134 e. The summed E-state index contributed by atoms with van der Waals surface area (Å²) < 4.78 is 0. The Kier molecular flexibility index (Phi) is 3.19. The fourth-order valence-electron chi connectivity index (χ4n) is 1.31.